The maximum Gasteiger partial charge on any atom is 0.335 e. The highest BCUT2D eigenvalue weighted by Crippen LogP contribution is 2.34. The molecule has 1 fully saturated rings. The molecule has 104 valence electrons. The van der Waals surface area contributed by atoms with Gasteiger partial charge in [-0.15, -0.1) is 11.3 Å². The van der Waals surface area contributed by atoms with Crippen LogP contribution in [0.5, 0.6) is 0 Å². The molecule has 1 heterocycles. The van der Waals surface area contributed by atoms with Crippen molar-refractivity contribution in [3.8, 4) is 0 Å². The molecule has 0 bridgehead atoms. The van der Waals surface area contributed by atoms with Gasteiger partial charge in [-0.1, -0.05) is 6.07 Å². The number of nitrogens with zero attached hydrogens (tertiary/aromatic N) is 1. The predicted molar refractivity (Wildman–Crippen MR) is 81.7 cm³/mol. The largest absolute Gasteiger partial charge is 0.478 e. The number of carboxylic acids is 1. The molecule has 1 N–H and O–H groups in total. The van der Waals surface area contributed by atoms with Gasteiger partial charge in [-0.2, -0.15) is 0 Å². The van der Waals surface area contributed by atoms with Crippen LogP contribution in [0.1, 0.15) is 33.6 Å². The lowest BCUT2D eigenvalue weighted by Gasteiger charge is -2.25. The number of thiophene rings is 1. The zero-order valence-electron chi connectivity index (χ0n) is 11.4. The second kappa shape index (κ2) is 5.29. The molecule has 1 aliphatic carbocycles. The number of anilines is 1. The van der Waals surface area contributed by atoms with Crippen LogP contribution in [-0.2, 0) is 6.54 Å². The number of aromatic carboxylic acids is 1. The third-order valence-corrected chi connectivity index (χ3v) is 4.53. The quantitative estimate of drug-likeness (QED) is 0.906. The molecule has 2 aromatic rings. The molecule has 0 atom stereocenters. The third kappa shape index (κ3) is 2.70. The second-order valence-corrected chi connectivity index (χ2v) is 6.28. The number of carboxylic acid groups (broad SMARTS) is 1. The van der Waals surface area contributed by atoms with Crippen molar-refractivity contribution >= 4 is 23.0 Å². The van der Waals surface area contributed by atoms with Crippen LogP contribution in [0.3, 0.4) is 0 Å². The highest BCUT2D eigenvalue weighted by molar-refractivity contribution is 7.09. The van der Waals surface area contributed by atoms with Crippen LogP contribution < -0.4 is 4.90 Å². The first-order valence-corrected chi connectivity index (χ1v) is 7.66. The van der Waals surface area contributed by atoms with E-state index in [2.05, 4.69) is 22.4 Å². The Hall–Kier alpha value is -1.81. The number of hydrogen-bond donors (Lipinski definition) is 1. The summed E-state index contributed by atoms with van der Waals surface area (Å²) in [4.78, 5) is 14.8. The van der Waals surface area contributed by atoms with Crippen molar-refractivity contribution in [3.05, 3.63) is 51.7 Å². The highest BCUT2D eigenvalue weighted by atomic mass is 32.1. The zero-order valence-corrected chi connectivity index (χ0v) is 12.2. The van der Waals surface area contributed by atoms with E-state index in [0.717, 1.165) is 17.8 Å². The van der Waals surface area contributed by atoms with Gasteiger partial charge < -0.3 is 10.0 Å². The molecule has 0 spiro atoms. The predicted octanol–water partition coefficient (Wildman–Crippen LogP) is 3.92. The van der Waals surface area contributed by atoms with E-state index in [1.165, 1.54) is 17.7 Å². The van der Waals surface area contributed by atoms with E-state index in [9.17, 15) is 4.79 Å². The first kappa shape index (κ1) is 13.2. The number of benzene rings is 1. The van der Waals surface area contributed by atoms with Crippen molar-refractivity contribution in [3.63, 3.8) is 0 Å². The van der Waals surface area contributed by atoms with Crippen LogP contribution in [0, 0.1) is 6.92 Å². The zero-order chi connectivity index (χ0) is 14.1. The standard InChI is InChI=1S/C16H17NO2S/c1-11-9-13(6-7-15(11)16(18)19)17(12-4-5-12)10-14-3-2-8-20-14/h2-3,6-9,12H,4-5,10H2,1H3,(H,18,19). The topological polar surface area (TPSA) is 40.5 Å². The van der Waals surface area contributed by atoms with Gasteiger partial charge in [-0.05, 0) is 55.0 Å². The Bertz CT molecular complexity index is 617. The summed E-state index contributed by atoms with van der Waals surface area (Å²) in [6.45, 7) is 2.78. The summed E-state index contributed by atoms with van der Waals surface area (Å²) in [6.07, 6.45) is 2.45. The lowest BCUT2D eigenvalue weighted by molar-refractivity contribution is 0.0696. The Kier molecular flexibility index (Phi) is 3.49. The average Bonchev–Trinajstić information content (AvgIpc) is 3.12. The second-order valence-electron chi connectivity index (χ2n) is 5.24. The summed E-state index contributed by atoms with van der Waals surface area (Å²) in [6, 6.07) is 10.5. The van der Waals surface area contributed by atoms with Crippen molar-refractivity contribution in [2.24, 2.45) is 0 Å². The van der Waals surface area contributed by atoms with Crippen molar-refractivity contribution in [1.29, 1.82) is 0 Å². The molecule has 3 rings (SSSR count). The summed E-state index contributed by atoms with van der Waals surface area (Å²) >= 11 is 1.77. The molecule has 4 heteroatoms. The van der Waals surface area contributed by atoms with Gasteiger partial charge in [0.1, 0.15) is 0 Å². The van der Waals surface area contributed by atoms with E-state index >= 15 is 0 Å². The van der Waals surface area contributed by atoms with Crippen molar-refractivity contribution in [2.45, 2.75) is 32.4 Å². The molecule has 0 amide bonds. The van der Waals surface area contributed by atoms with Crippen LogP contribution >= 0.6 is 11.3 Å². The maximum absolute atomic E-state index is 11.1. The van der Waals surface area contributed by atoms with Crippen LogP contribution in [0.2, 0.25) is 0 Å². The number of rotatable bonds is 5. The molecule has 3 nitrogen and oxygen atoms in total. The van der Waals surface area contributed by atoms with Gasteiger partial charge >= 0.3 is 5.97 Å². The molecule has 1 aromatic carbocycles. The van der Waals surface area contributed by atoms with E-state index in [1.807, 2.05) is 19.1 Å². The summed E-state index contributed by atoms with van der Waals surface area (Å²) in [5, 5.41) is 11.2. The smallest absolute Gasteiger partial charge is 0.335 e. The van der Waals surface area contributed by atoms with Crippen LogP contribution in [0.15, 0.2) is 35.7 Å². The van der Waals surface area contributed by atoms with E-state index < -0.39 is 5.97 Å². The Morgan fingerprint density at radius 3 is 2.75 bits per heavy atom. The Labute approximate surface area is 122 Å². The van der Waals surface area contributed by atoms with Gasteiger partial charge in [-0.25, -0.2) is 4.79 Å². The number of carbonyl (C=O) groups is 1. The van der Waals surface area contributed by atoms with Gasteiger partial charge in [-0.3, -0.25) is 0 Å². The Morgan fingerprint density at radius 1 is 1.40 bits per heavy atom. The maximum atomic E-state index is 11.1. The van der Waals surface area contributed by atoms with Crippen molar-refractivity contribution < 1.29 is 9.90 Å². The molecule has 20 heavy (non-hydrogen) atoms. The fraction of sp³-hybridized carbons (Fsp3) is 0.312. The summed E-state index contributed by atoms with van der Waals surface area (Å²) in [5.41, 5.74) is 2.34. The first-order valence-electron chi connectivity index (χ1n) is 6.78. The number of aryl methyl sites for hydroxylation is 1. The van der Waals surface area contributed by atoms with Crippen LogP contribution in [0.25, 0.3) is 0 Å². The number of hydrogen-bond acceptors (Lipinski definition) is 3. The van der Waals surface area contributed by atoms with Crippen molar-refractivity contribution in [1.82, 2.24) is 0 Å². The van der Waals surface area contributed by atoms with Gasteiger partial charge in [0.15, 0.2) is 0 Å². The summed E-state index contributed by atoms with van der Waals surface area (Å²) < 4.78 is 0. The lowest BCUT2D eigenvalue weighted by Crippen LogP contribution is -2.24. The minimum atomic E-state index is -0.856. The van der Waals surface area contributed by atoms with Gasteiger partial charge in [0.2, 0.25) is 0 Å². The monoisotopic (exact) mass is 287 g/mol. The van der Waals surface area contributed by atoms with Crippen LogP contribution in [0.4, 0.5) is 5.69 Å². The minimum Gasteiger partial charge on any atom is -0.478 e. The van der Waals surface area contributed by atoms with Crippen molar-refractivity contribution in [2.75, 3.05) is 4.90 Å². The fourth-order valence-corrected chi connectivity index (χ4v) is 3.16. The van der Waals surface area contributed by atoms with E-state index in [-0.39, 0.29) is 0 Å². The van der Waals surface area contributed by atoms with E-state index in [4.69, 9.17) is 5.11 Å². The fourth-order valence-electron chi connectivity index (χ4n) is 2.45. The molecule has 0 saturated heterocycles. The lowest BCUT2D eigenvalue weighted by atomic mass is 10.1. The minimum absolute atomic E-state index is 0.389. The molecule has 1 saturated carbocycles. The van der Waals surface area contributed by atoms with E-state index in [0.29, 0.717) is 11.6 Å². The molecule has 0 unspecified atom stereocenters. The molecular weight excluding hydrogens is 270 g/mol. The molecular formula is C16H17NO2S. The molecule has 1 aromatic heterocycles. The Balaban J connectivity index is 1.88. The van der Waals surface area contributed by atoms with Crippen LogP contribution in [-0.4, -0.2) is 17.1 Å². The molecule has 0 radical (unpaired) electrons. The Morgan fingerprint density at radius 2 is 2.20 bits per heavy atom. The summed E-state index contributed by atoms with van der Waals surface area (Å²) in [7, 11) is 0. The third-order valence-electron chi connectivity index (χ3n) is 3.67. The van der Waals surface area contributed by atoms with Gasteiger partial charge in [0.25, 0.3) is 0 Å². The van der Waals surface area contributed by atoms with E-state index in [1.54, 1.807) is 17.4 Å². The first-order chi connectivity index (χ1) is 9.65. The normalized spacial score (nSPS) is 14.2. The average molecular weight is 287 g/mol. The van der Waals surface area contributed by atoms with Gasteiger partial charge in [0.05, 0.1) is 12.1 Å². The molecule has 1 aliphatic rings. The highest BCUT2D eigenvalue weighted by Gasteiger charge is 2.29. The van der Waals surface area contributed by atoms with Gasteiger partial charge in [0, 0.05) is 16.6 Å². The SMILES string of the molecule is Cc1cc(N(Cc2cccs2)C2CC2)ccc1C(=O)O. The summed E-state index contributed by atoms with van der Waals surface area (Å²) in [5.74, 6) is -0.856. The molecule has 0 aliphatic heterocycles.